The molecule has 0 fully saturated rings. The average Bonchev–Trinajstić information content (AvgIpc) is 2.52. The molecule has 0 bridgehead atoms. The molecule has 8 heteroatoms. The largest absolute Gasteiger partial charge is 0.451 e. The lowest BCUT2D eigenvalue weighted by Crippen LogP contribution is -2.13. The highest BCUT2D eigenvalue weighted by Crippen LogP contribution is 2.31. The average molecular weight is 383 g/mol. The quantitative estimate of drug-likeness (QED) is 0.728. The summed E-state index contributed by atoms with van der Waals surface area (Å²) in [6.45, 7) is 0.309. The number of alkyl halides is 3. The Kier molecular flexibility index (Phi) is 4.16. The highest BCUT2D eigenvalue weighted by molar-refractivity contribution is 9.10. The molecule has 3 rings (SSSR count). The first-order valence-corrected chi connectivity index (χ1v) is 7.40. The predicted octanol–water partition coefficient (Wildman–Crippen LogP) is 4.42. The first kappa shape index (κ1) is 15.7. The van der Waals surface area contributed by atoms with Gasteiger partial charge in [-0.25, -0.2) is 9.97 Å². The van der Waals surface area contributed by atoms with Crippen LogP contribution in [0.15, 0.2) is 47.2 Å². The van der Waals surface area contributed by atoms with Gasteiger partial charge in [0.05, 0.1) is 5.52 Å². The summed E-state index contributed by atoms with van der Waals surface area (Å²) in [6, 6.07) is 8.42. The van der Waals surface area contributed by atoms with Gasteiger partial charge in [-0.1, -0.05) is 22.0 Å². The molecule has 2 heterocycles. The molecule has 0 aliphatic carbocycles. The molecule has 0 amide bonds. The van der Waals surface area contributed by atoms with Crippen LogP contribution in [0, 0.1) is 0 Å². The number of hydrogen-bond acceptors (Lipinski definition) is 4. The Labute approximate surface area is 137 Å². The minimum atomic E-state index is -4.61. The molecule has 0 aliphatic heterocycles. The van der Waals surface area contributed by atoms with Crippen molar-refractivity contribution >= 4 is 32.7 Å². The van der Waals surface area contributed by atoms with E-state index in [1.165, 1.54) is 6.07 Å². The van der Waals surface area contributed by atoms with Crippen molar-refractivity contribution in [3.63, 3.8) is 0 Å². The second kappa shape index (κ2) is 6.11. The number of pyridine rings is 1. The van der Waals surface area contributed by atoms with Gasteiger partial charge in [-0.3, -0.25) is 4.98 Å². The Balaban J connectivity index is 2.03. The van der Waals surface area contributed by atoms with Crippen LogP contribution in [0.2, 0.25) is 0 Å². The number of rotatable bonds is 3. The molecule has 4 nitrogen and oxygen atoms in total. The van der Waals surface area contributed by atoms with Crippen molar-refractivity contribution in [1.29, 1.82) is 0 Å². The SMILES string of the molecule is FC(F)(F)c1nc(NCc2cccnc2)c2cc(Br)ccc2n1. The second-order valence-corrected chi connectivity index (χ2v) is 5.69. The van der Waals surface area contributed by atoms with Crippen LogP contribution in [-0.2, 0) is 12.7 Å². The Morgan fingerprint density at radius 3 is 2.65 bits per heavy atom. The number of fused-ring (bicyclic) bond motifs is 1. The van der Waals surface area contributed by atoms with Crippen molar-refractivity contribution in [2.45, 2.75) is 12.7 Å². The molecule has 1 aromatic carbocycles. The molecule has 0 spiro atoms. The molecule has 0 saturated heterocycles. The van der Waals surface area contributed by atoms with E-state index in [1.807, 2.05) is 6.07 Å². The van der Waals surface area contributed by atoms with E-state index in [1.54, 1.807) is 30.6 Å². The first-order chi connectivity index (χ1) is 10.9. The van der Waals surface area contributed by atoms with Crippen molar-refractivity contribution in [3.8, 4) is 0 Å². The van der Waals surface area contributed by atoms with E-state index < -0.39 is 12.0 Å². The van der Waals surface area contributed by atoms with Crippen LogP contribution in [0.1, 0.15) is 11.4 Å². The van der Waals surface area contributed by atoms with Crippen LogP contribution in [0.5, 0.6) is 0 Å². The minimum absolute atomic E-state index is 0.132. The maximum Gasteiger partial charge on any atom is 0.451 e. The highest BCUT2D eigenvalue weighted by Gasteiger charge is 2.35. The molecule has 23 heavy (non-hydrogen) atoms. The maximum atomic E-state index is 13.0. The van der Waals surface area contributed by atoms with Crippen LogP contribution in [0.25, 0.3) is 10.9 Å². The molecule has 0 atom stereocenters. The zero-order chi connectivity index (χ0) is 16.4. The fraction of sp³-hybridized carbons (Fsp3) is 0.133. The molecule has 0 aliphatic rings. The number of nitrogens with zero attached hydrogens (tertiary/aromatic N) is 3. The van der Waals surface area contributed by atoms with Crippen molar-refractivity contribution < 1.29 is 13.2 Å². The standard InChI is InChI=1S/C15H10BrF3N4/c16-10-3-4-12-11(6-10)13(23-14(22-12)15(17,18)19)21-8-9-2-1-5-20-7-9/h1-7H,8H2,(H,21,22,23). The summed E-state index contributed by atoms with van der Waals surface area (Å²) in [6.07, 6.45) is -1.34. The van der Waals surface area contributed by atoms with Gasteiger partial charge in [-0.15, -0.1) is 0 Å². The van der Waals surface area contributed by atoms with Gasteiger partial charge in [0, 0.05) is 28.8 Å². The molecule has 118 valence electrons. The highest BCUT2D eigenvalue weighted by atomic mass is 79.9. The van der Waals surface area contributed by atoms with Crippen LogP contribution in [0.3, 0.4) is 0 Å². The van der Waals surface area contributed by atoms with Crippen molar-refractivity contribution in [2.75, 3.05) is 5.32 Å². The van der Waals surface area contributed by atoms with Gasteiger partial charge in [-0.05, 0) is 29.8 Å². The van der Waals surface area contributed by atoms with Crippen LogP contribution >= 0.6 is 15.9 Å². The van der Waals surface area contributed by atoms with E-state index in [2.05, 4.69) is 36.2 Å². The van der Waals surface area contributed by atoms with Gasteiger partial charge in [0.2, 0.25) is 5.82 Å². The van der Waals surface area contributed by atoms with Crippen LogP contribution in [-0.4, -0.2) is 15.0 Å². The number of hydrogen-bond donors (Lipinski definition) is 1. The first-order valence-electron chi connectivity index (χ1n) is 6.61. The van der Waals surface area contributed by atoms with E-state index >= 15 is 0 Å². The van der Waals surface area contributed by atoms with E-state index in [9.17, 15) is 13.2 Å². The Morgan fingerprint density at radius 1 is 1.13 bits per heavy atom. The van der Waals surface area contributed by atoms with Gasteiger partial charge in [0.25, 0.3) is 0 Å². The lowest BCUT2D eigenvalue weighted by atomic mass is 10.2. The van der Waals surface area contributed by atoms with E-state index in [0.29, 0.717) is 11.9 Å². The van der Waals surface area contributed by atoms with E-state index in [-0.39, 0.29) is 11.3 Å². The topological polar surface area (TPSA) is 50.7 Å². The third-order valence-corrected chi connectivity index (χ3v) is 3.59. The molecular formula is C15H10BrF3N4. The number of nitrogens with one attached hydrogen (secondary N) is 1. The molecule has 0 saturated carbocycles. The summed E-state index contributed by atoms with van der Waals surface area (Å²) in [5.41, 5.74) is 1.06. The fourth-order valence-corrected chi connectivity index (χ4v) is 2.41. The fourth-order valence-electron chi connectivity index (χ4n) is 2.05. The molecule has 1 N–H and O–H groups in total. The van der Waals surface area contributed by atoms with Crippen LogP contribution in [0.4, 0.5) is 19.0 Å². The number of anilines is 1. The summed E-state index contributed by atoms with van der Waals surface area (Å²) in [7, 11) is 0. The third kappa shape index (κ3) is 3.58. The maximum absolute atomic E-state index is 13.0. The smallest absolute Gasteiger partial charge is 0.365 e. The number of aromatic nitrogens is 3. The number of halogens is 4. The summed E-state index contributed by atoms with van der Waals surface area (Å²) < 4.78 is 39.6. The van der Waals surface area contributed by atoms with Crippen LogP contribution < -0.4 is 5.32 Å². The summed E-state index contributed by atoms with van der Waals surface area (Å²) in [5.74, 6) is -1.03. The third-order valence-electron chi connectivity index (χ3n) is 3.09. The summed E-state index contributed by atoms with van der Waals surface area (Å²) >= 11 is 3.31. The van der Waals surface area contributed by atoms with E-state index in [4.69, 9.17) is 0 Å². The summed E-state index contributed by atoms with van der Waals surface area (Å²) in [4.78, 5) is 11.2. The van der Waals surface area contributed by atoms with Gasteiger partial charge >= 0.3 is 6.18 Å². The lowest BCUT2D eigenvalue weighted by molar-refractivity contribution is -0.144. The van der Waals surface area contributed by atoms with Gasteiger partial charge < -0.3 is 5.32 Å². The normalized spacial score (nSPS) is 11.7. The van der Waals surface area contributed by atoms with Gasteiger partial charge in [-0.2, -0.15) is 13.2 Å². The van der Waals surface area contributed by atoms with E-state index in [0.717, 1.165) is 10.0 Å². The predicted molar refractivity (Wildman–Crippen MR) is 83.8 cm³/mol. The molecular weight excluding hydrogens is 373 g/mol. The molecule has 3 aromatic rings. The zero-order valence-electron chi connectivity index (χ0n) is 11.6. The number of benzene rings is 1. The lowest BCUT2D eigenvalue weighted by Gasteiger charge is -2.12. The van der Waals surface area contributed by atoms with Gasteiger partial charge in [0.1, 0.15) is 5.82 Å². The van der Waals surface area contributed by atoms with Crippen molar-refractivity contribution in [3.05, 3.63) is 58.6 Å². The summed E-state index contributed by atoms with van der Waals surface area (Å²) in [5, 5.41) is 3.44. The Hall–Kier alpha value is -2.22. The zero-order valence-corrected chi connectivity index (χ0v) is 13.2. The Bertz CT molecular complexity index is 837. The molecule has 0 radical (unpaired) electrons. The van der Waals surface area contributed by atoms with Crippen molar-refractivity contribution in [1.82, 2.24) is 15.0 Å². The molecule has 0 unspecified atom stereocenters. The second-order valence-electron chi connectivity index (χ2n) is 4.77. The minimum Gasteiger partial charge on any atom is -0.365 e. The molecule has 2 aromatic heterocycles. The monoisotopic (exact) mass is 382 g/mol. The van der Waals surface area contributed by atoms with Crippen molar-refractivity contribution in [2.24, 2.45) is 0 Å². The van der Waals surface area contributed by atoms with Gasteiger partial charge in [0.15, 0.2) is 0 Å². The Morgan fingerprint density at radius 2 is 1.96 bits per heavy atom.